The fraction of sp³-hybridized carbons (Fsp3) is 0.387. The first kappa shape index (κ1) is 25.0. The number of likely N-dealkylation sites (tertiary alicyclic amines) is 1. The standard InChI is InChI=1S/C31H38N2O2/c1-23(2)18-33(31(34)27-15-13-24(3)14-16-27)21-28-20-32(19-25-9-8-12-29(17-25)35-4)22-30(28)26-10-6-5-7-11-26/h5-17,23,28,30H,18-22H2,1-4H3/t28-,30-/m0/s1. The summed E-state index contributed by atoms with van der Waals surface area (Å²) in [4.78, 5) is 18.2. The third-order valence-corrected chi connectivity index (χ3v) is 6.91. The average molecular weight is 471 g/mol. The summed E-state index contributed by atoms with van der Waals surface area (Å²) in [5.41, 5.74) is 4.56. The molecule has 1 saturated heterocycles. The van der Waals surface area contributed by atoms with E-state index in [4.69, 9.17) is 4.74 Å². The van der Waals surface area contributed by atoms with E-state index in [-0.39, 0.29) is 5.91 Å². The summed E-state index contributed by atoms with van der Waals surface area (Å²) in [5.74, 6) is 2.20. The lowest BCUT2D eigenvalue weighted by atomic mass is 9.88. The molecule has 1 heterocycles. The smallest absolute Gasteiger partial charge is 0.253 e. The van der Waals surface area contributed by atoms with Crippen LogP contribution in [-0.4, -0.2) is 49.0 Å². The fourth-order valence-electron chi connectivity index (χ4n) is 5.22. The molecule has 0 unspecified atom stereocenters. The maximum absolute atomic E-state index is 13.6. The molecule has 0 radical (unpaired) electrons. The molecule has 184 valence electrons. The molecular weight excluding hydrogens is 432 g/mol. The molecule has 0 saturated carbocycles. The van der Waals surface area contributed by atoms with E-state index in [1.807, 2.05) is 30.3 Å². The van der Waals surface area contributed by atoms with E-state index in [1.165, 1.54) is 16.7 Å². The Kier molecular flexibility index (Phi) is 8.25. The van der Waals surface area contributed by atoms with Gasteiger partial charge >= 0.3 is 0 Å². The van der Waals surface area contributed by atoms with Crippen LogP contribution in [0, 0.1) is 18.8 Å². The molecule has 0 spiro atoms. The summed E-state index contributed by atoms with van der Waals surface area (Å²) in [6, 6.07) is 27.1. The first-order chi connectivity index (χ1) is 16.9. The second kappa shape index (κ2) is 11.5. The van der Waals surface area contributed by atoms with Gasteiger partial charge in [-0.1, -0.05) is 74.0 Å². The Balaban J connectivity index is 1.56. The van der Waals surface area contributed by atoms with Crippen LogP contribution in [0.25, 0.3) is 0 Å². The third kappa shape index (κ3) is 6.52. The predicted octanol–water partition coefficient (Wildman–Crippen LogP) is 6.02. The molecule has 4 nitrogen and oxygen atoms in total. The summed E-state index contributed by atoms with van der Waals surface area (Å²) < 4.78 is 5.43. The predicted molar refractivity (Wildman–Crippen MR) is 143 cm³/mol. The topological polar surface area (TPSA) is 32.8 Å². The molecule has 4 heteroatoms. The first-order valence-corrected chi connectivity index (χ1v) is 12.7. The summed E-state index contributed by atoms with van der Waals surface area (Å²) >= 11 is 0. The Morgan fingerprint density at radius 3 is 2.43 bits per heavy atom. The quantitative estimate of drug-likeness (QED) is 0.383. The van der Waals surface area contributed by atoms with Crippen LogP contribution in [0.1, 0.15) is 46.8 Å². The van der Waals surface area contributed by atoms with Gasteiger partial charge < -0.3 is 9.64 Å². The van der Waals surface area contributed by atoms with Crippen LogP contribution >= 0.6 is 0 Å². The molecule has 1 aliphatic rings. The van der Waals surface area contributed by atoms with E-state index in [9.17, 15) is 4.79 Å². The lowest BCUT2D eigenvalue weighted by molar-refractivity contribution is 0.0703. The summed E-state index contributed by atoms with van der Waals surface area (Å²) in [6.45, 7) is 10.8. The van der Waals surface area contributed by atoms with Crippen molar-refractivity contribution < 1.29 is 9.53 Å². The normalized spacial score (nSPS) is 18.1. The number of amides is 1. The van der Waals surface area contributed by atoms with E-state index in [0.29, 0.717) is 17.8 Å². The van der Waals surface area contributed by atoms with E-state index in [2.05, 4.69) is 79.1 Å². The largest absolute Gasteiger partial charge is 0.497 e. The average Bonchev–Trinajstić information content (AvgIpc) is 3.26. The van der Waals surface area contributed by atoms with Crippen molar-refractivity contribution in [3.63, 3.8) is 0 Å². The van der Waals surface area contributed by atoms with Crippen molar-refractivity contribution in [3.05, 3.63) is 101 Å². The van der Waals surface area contributed by atoms with E-state index < -0.39 is 0 Å². The number of hydrogen-bond donors (Lipinski definition) is 0. The second-order valence-corrected chi connectivity index (χ2v) is 10.3. The van der Waals surface area contributed by atoms with Crippen molar-refractivity contribution in [2.45, 2.75) is 33.2 Å². The molecule has 3 aromatic rings. The van der Waals surface area contributed by atoms with Crippen molar-refractivity contribution in [2.24, 2.45) is 11.8 Å². The minimum atomic E-state index is 0.136. The molecule has 1 aliphatic heterocycles. The Morgan fingerprint density at radius 2 is 1.74 bits per heavy atom. The van der Waals surface area contributed by atoms with E-state index in [1.54, 1.807) is 7.11 Å². The van der Waals surface area contributed by atoms with Gasteiger partial charge in [0.25, 0.3) is 5.91 Å². The molecular formula is C31H38N2O2. The molecule has 0 N–H and O–H groups in total. The number of carbonyl (C=O) groups is 1. The monoisotopic (exact) mass is 470 g/mol. The Labute approximate surface area is 210 Å². The number of ether oxygens (including phenoxy) is 1. The molecule has 2 atom stereocenters. The van der Waals surface area contributed by atoms with Crippen molar-refractivity contribution >= 4 is 5.91 Å². The Bertz CT molecular complexity index is 1090. The zero-order chi connectivity index (χ0) is 24.8. The van der Waals surface area contributed by atoms with Crippen LogP contribution in [0.2, 0.25) is 0 Å². The highest BCUT2D eigenvalue weighted by Crippen LogP contribution is 2.35. The highest BCUT2D eigenvalue weighted by molar-refractivity contribution is 5.94. The van der Waals surface area contributed by atoms with Gasteiger partial charge in [0.15, 0.2) is 0 Å². The number of rotatable bonds is 9. The molecule has 1 amide bonds. The minimum absolute atomic E-state index is 0.136. The van der Waals surface area contributed by atoms with Crippen molar-refractivity contribution in [1.29, 1.82) is 0 Å². The Hall–Kier alpha value is -3.11. The number of hydrogen-bond acceptors (Lipinski definition) is 3. The van der Waals surface area contributed by atoms with Gasteiger partial charge in [-0.25, -0.2) is 0 Å². The maximum atomic E-state index is 13.6. The maximum Gasteiger partial charge on any atom is 0.253 e. The number of carbonyl (C=O) groups excluding carboxylic acids is 1. The highest BCUT2D eigenvalue weighted by atomic mass is 16.5. The molecule has 0 bridgehead atoms. The van der Waals surface area contributed by atoms with Crippen LogP contribution in [0.15, 0.2) is 78.9 Å². The van der Waals surface area contributed by atoms with Crippen LogP contribution in [-0.2, 0) is 6.54 Å². The van der Waals surface area contributed by atoms with Gasteiger partial charge in [-0.3, -0.25) is 9.69 Å². The number of benzene rings is 3. The molecule has 0 aliphatic carbocycles. The van der Waals surface area contributed by atoms with Gasteiger partial charge in [0.05, 0.1) is 7.11 Å². The van der Waals surface area contributed by atoms with E-state index >= 15 is 0 Å². The minimum Gasteiger partial charge on any atom is -0.497 e. The van der Waals surface area contributed by atoms with Crippen LogP contribution in [0.4, 0.5) is 0 Å². The summed E-state index contributed by atoms with van der Waals surface area (Å²) in [5, 5.41) is 0. The molecule has 3 aromatic carbocycles. The molecule has 35 heavy (non-hydrogen) atoms. The number of aryl methyl sites for hydroxylation is 1. The van der Waals surface area contributed by atoms with E-state index in [0.717, 1.165) is 44.0 Å². The number of methoxy groups -OCH3 is 1. The zero-order valence-electron chi connectivity index (χ0n) is 21.5. The highest BCUT2D eigenvalue weighted by Gasteiger charge is 2.36. The summed E-state index contributed by atoms with van der Waals surface area (Å²) in [7, 11) is 1.71. The van der Waals surface area contributed by atoms with Gasteiger partial charge in [0, 0.05) is 44.2 Å². The first-order valence-electron chi connectivity index (χ1n) is 12.7. The van der Waals surface area contributed by atoms with Crippen molar-refractivity contribution in [2.75, 3.05) is 33.3 Å². The summed E-state index contributed by atoms with van der Waals surface area (Å²) in [6.07, 6.45) is 0. The third-order valence-electron chi connectivity index (χ3n) is 6.91. The molecule has 0 aromatic heterocycles. The van der Waals surface area contributed by atoms with Gasteiger partial charge in [-0.2, -0.15) is 0 Å². The van der Waals surface area contributed by atoms with Crippen LogP contribution < -0.4 is 4.74 Å². The molecule has 4 rings (SSSR count). The van der Waals surface area contributed by atoms with Crippen LogP contribution in [0.5, 0.6) is 5.75 Å². The van der Waals surface area contributed by atoms with Gasteiger partial charge in [0.2, 0.25) is 0 Å². The number of nitrogens with zero attached hydrogens (tertiary/aromatic N) is 2. The van der Waals surface area contributed by atoms with Gasteiger partial charge in [-0.15, -0.1) is 0 Å². The van der Waals surface area contributed by atoms with Gasteiger partial charge in [-0.05, 0) is 54.2 Å². The Morgan fingerprint density at radius 1 is 1.00 bits per heavy atom. The lowest BCUT2D eigenvalue weighted by Crippen LogP contribution is -2.39. The fourth-order valence-corrected chi connectivity index (χ4v) is 5.22. The van der Waals surface area contributed by atoms with Crippen molar-refractivity contribution in [1.82, 2.24) is 9.80 Å². The second-order valence-electron chi connectivity index (χ2n) is 10.3. The van der Waals surface area contributed by atoms with Gasteiger partial charge in [0.1, 0.15) is 5.75 Å². The van der Waals surface area contributed by atoms with Crippen molar-refractivity contribution in [3.8, 4) is 5.75 Å². The zero-order valence-corrected chi connectivity index (χ0v) is 21.5. The lowest BCUT2D eigenvalue weighted by Gasteiger charge is -2.30. The van der Waals surface area contributed by atoms with Crippen LogP contribution in [0.3, 0.4) is 0 Å². The molecule has 1 fully saturated rings. The SMILES string of the molecule is COc1cccc(CN2C[C@@H](CN(CC(C)C)C(=O)c3ccc(C)cc3)[C@H](c3ccccc3)C2)c1.